The fraction of sp³-hybridized carbons (Fsp3) is 0.0588. The highest BCUT2D eigenvalue weighted by Gasteiger charge is 2.15. The van der Waals surface area contributed by atoms with E-state index in [4.69, 9.17) is 16.3 Å². The molecule has 0 saturated carbocycles. The van der Waals surface area contributed by atoms with E-state index in [0.29, 0.717) is 27.4 Å². The van der Waals surface area contributed by atoms with Crippen LogP contribution in [0.3, 0.4) is 0 Å². The lowest BCUT2D eigenvalue weighted by Gasteiger charge is -2.10. The smallest absolute Gasteiger partial charge is 0.261 e. The van der Waals surface area contributed by atoms with Gasteiger partial charge >= 0.3 is 0 Å². The van der Waals surface area contributed by atoms with Crippen molar-refractivity contribution in [2.45, 2.75) is 0 Å². The molecular weight excluding hydrogens is 316 g/mol. The van der Waals surface area contributed by atoms with E-state index in [2.05, 4.69) is 10.3 Å². The number of aromatic nitrogens is 1. The van der Waals surface area contributed by atoms with Crippen molar-refractivity contribution < 1.29 is 9.53 Å². The van der Waals surface area contributed by atoms with Gasteiger partial charge in [-0.15, -0.1) is 0 Å². The van der Waals surface area contributed by atoms with Crippen LogP contribution in [0.5, 0.6) is 5.75 Å². The van der Waals surface area contributed by atoms with Crippen LogP contribution < -0.4 is 15.5 Å². The largest absolute Gasteiger partial charge is 0.495 e. The molecule has 0 unspecified atom stereocenters. The summed E-state index contributed by atoms with van der Waals surface area (Å²) in [6.07, 6.45) is 1.39. The van der Waals surface area contributed by atoms with Gasteiger partial charge in [0.2, 0.25) is 5.43 Å². The van der Waals surface area contributed by atoms with E-state index in [9.17, 15) is 9.59 Å². The molecule has 1 heterocycles. The Morgan fingerprint density at radius 2 is 2.00 bits per heavy atom. The highest BCUT2D eigenvalue weighted by molar-refractivity contribution is 6.31. The Morgan fingerprint density at radius 3 is 2.78 bits per heavy atom. The van der Waals surface area contributed by atoms with Gasteiger partial charge in [-0.25, -0.2) is 0 Å². The van der Waals surface area contributed by atoms with Gasteiger partial charge in [-0.05, 0) is 30.3 Å². The molecule has 3 aromatic rings. The lowest BCUT2D eigenvalue weighted by atomic mass is 10.1. The van der Waals surface area contributed by atoms with E-state index in [1.807, 2.05) is 0 Å². The second-order valence-electron chi connectivity index (χ2n) is 4.88. The van der Waals surface area contributed by atoms with Gasteiger partial charge in [0.15, 0.2) is 0 Å². The minimum absolute atomic E-state index is 0.00525. The van der Waals surface area contributed by atoms with Crippen LogP contribution >= 0.6 is 11.6 Å². The molecule has 0 fully saturated rings. The fourth-order valence-electron chi connectivity index (χ4n) is 2.30. The Labute approximate surface area is 136 Å². The number of ether oxygens (including phenoxy) is 1. The normalized spacial score (nSPS) is 10.5. The van der Waals surface area contributed by atoms with Gasteiger partial charge in [0, 0.05) is 22.1 Å². The number of amides is 1. The van der Waals surface area contributed by atoms with Crippen molar-refractivity contribution in [2.75, 3.05) is 12.4 Å². The standard InChI is InChI=1S/C17H13ClN2O3/c1-23-15-5-3-2-4-14(15)20-17(22)12-9-19-13-7-6-10(18)8-11(13)16(12)21/h2-9H,1H3,(H,19,21)(H,20,22). The third kappa shape index (κ3) is 2.91. The summed E-state index contributed by atoms with van der Waals surface area (Å²) in [6.45, 7) is 0. The van der Waals surface area contributed by atoms with E-state index in [-0.39, 0.29) is 11.0 Å². The van der Waals surface area contributed by atoms with E-state index in [1.54, 1.807) is 36.4 Å². The fourth-order valence-corrected chi connectivity index (χ4v) is 2.47. The highest BCUT2D eigenvalue weighted by Crippen LogP contribution is 2.23. The maximum atomic E-state index is 12.5. The van der Waals surface area contributed by atoms with Crippen molar-refractivity contribution >= 4 is 34.1 Å². The molecule has 3 rings (SSSR count). The molecule has 0 aliphatic carbocycles. The number of methoxy groups -OCH3 is 1. The van der Waals surface area contributed by atoms with Gasteiger partial charge in [0.05, 0.1) is 12.8 Å². The molecule has 2 N–H and O–H groups in total. The van der Waals surface area contributed by atoms with Crippen LogP contribution in [0, 0.1) is 0 Å². The van der Waals surface area contributed by atoms with Crippen molar-refractivity contribution in [3.05, 3.63) is 69.5 Å². The molecule has 23 heavy (non-hydrogen) atoms. The minimum Gasteiger partial charge on any atom is -0.495 e. The minimum atomic E-state index is -0.516. The summed E-state index contributed by atoms with van der Waals surface area (Å²) in [5, 5.41) is 3.48. The summed E-state index contributed by atoms with van der Waals surface area (Å²) in [4.78, 5) is 27.8. The molecule has 0 spiro atoms. The molecule has 0 aliphatic rings. The number of benzene rings is 2. The van der Waals surface area contributed by atoms with Crippen molar-refractivity contribution in [1.29, 1.82) is 0 Å². The van der Waals surface area contributed by atoms with Crippen LogP contribution in [0.4, 0.5) is 5.69 Å². The third-order valence-electron chi connectivity index (χ3n) is 3.44. The SMILES string of the molecule is COc1ccccc1NC(=O)c1c[nH]c2ccc(Cl)cc2c1=O. The monoisotopic (exact) mass is 328 g/mol. The maximum absolute atomic E-state index is 12.5. The number of nitrogens with one attached hydrogen (secondary N) is 2. The van der Waals surface area contributed by atoms with Gasteiger partial charge in [0.25, 0.3) is 5.91 Å². The zero-order valence-corrected chi connectivity index (χ0v) is 13.0. The zero-order chi connectivity index (χ0) is 16.4. The molecule has 6 heteroatoms. The lowest BCUT2D eigenvalue weighted by Crippen LogP contribution is -2.22. The zero-order valence-electron chi connectivity index (χ0n) is 12.2. The summed E-state index contributed by atoms with van der Waals surface area (Å²) in [5.74, 6) is -0.00117. The van der Waals surface area contributed by atoms with Gasteiger partial charge in [-0.3, -0.25) is 9.59 Å². The number of H-pyrrole nitrogens is 1. The number of hydrogen-bond donors (Lipinski definition) is 2. The molecular formula is C17H13ClN2O3. The molecule has 116 valence electrons. The first-order chi connectivity index (χ1) is 11.1. The topological polar surface area (TPSA) is 71.2 Å². The number of aromatic amines is 1. The molecule has 5 nitrogen and oxygen atoms in total. The van der Waals surface area contributed by atoms with Gasteiger partial charge in [-0.2, -0.15) is 0 Å². The maximum Gasteiger partial charge on any atom is 0.261 e. The molecule has 0 bridgehead atoms. The summed E-state index contributed by atoms with van der Waals surface area (Å²) in [6, 6.07) is 11.9. The Balaban J connectivity index is 2.01. The third-order valence-corrected chi connectivity index (χ3v) is 3.68. The summed E-state index contributed by atoms with van der Waals surface area (Å²) in [5.41, 5.74) is 0.734. The number of fused-ring (bicyclic) bond motifs is 1. The predicted octanol–water partition coefficient (Wildman–Crippen LogP) is 3.44. The van der Waals surface area contributed by atoms with E-state index >= 15 is 0 Å². The van der Waals surface area contributed by atoms with E-state index in [1.165, 1.54) is 19.4 Å². The first-order valence-electron chi connectivity index (χ1n) is 6.85. The number of para-hydroxylation sites is 2. The number of rotatable bonds is 3. The van der Waals surface area contributed by atoms with E-state index in [0.717, 1.165) is 0 Å². The Bertz CT molecular complexity index is 950. The van der Waals surface area contributed by atoms with Crippen LogP contribution in [-0.2, 0) is 0 Å². The van der Waals surface area contributed by atoms with Crippen molar-refractivity contribution in [1.82, 2.24) is 4.98 Å². The van der Waals surface area contributed by atoms with E-state index < -0.39 is 5.91 Å². The highest BCUT2D eigenvalue weighted by atomic mass is 35.5. The number of hydrogen-bond acceptors (Lipinski definition) is 3. The molecule has 0 aliphatic heterocycles. The van der Waals surface area contributed by atoms with Gasteiger partial charge in [0.1, 0.15) is 11.3 Å². The number of carbonyl (C=O) groups excluding carboxylic acids is 1. The second kappa shape index (κ2) is 6.14. The van der Waals surface area contributed by atoms with Gasteiger partial charge < -0.3 is 15.0 Å². The lowest BCUT2D eigenvalue weighted by molar-refractivity contribution is 0.102. The molecule has 1 aromatic heterocycles. The van der Waals surface area contributed by atoms with Crippen molar-refractivity contribution in [3.8, 4) is 5.75 Å². The Morgan fingerprint density at radius 1 is 1.22 bits per heavy atom. The predicted molar refractivity (Wildman–Crippen MR) is 90.5 cm³/mol. The number of halogens is 1. The average Bonchev–Trinajstić information content (AvgIpc) is 2.56. The molecule has 0 saturated heterocycles. The molecule has 0 radical (unpaired) electrons. The summed E-state index contributed by atoms with van der Waals surface area (Å²) >= 11 is 5.92. The first-order valence-corrected chi connectivity index (χ1v) is 7.23. The van der Waals surface area contributed by atoms with Crippen LogP contribution in [-0.4, -0.2) is 18.0 Å². The number of anilines is 1. The van der Waals surface area contributed by atoms with Gasteiger partial charge in [-0.1, -0.05) is 23.7 Å². The summed E-state index contributed by atoms with van der Waals surface area (Å²) in [7, 11) is 1.51. The molecule has 0 atom stereocenters. The average molecular weight is 329 g/mol. The van der Waals surface area contributed by atoms with Crippen LogP contribution in [0.2, 0.25) is 5.02 Å². The van der Waals surface area contributed by atoms with Crippen LogP contribution in [0.15, 0.2) is 53.5 Å². The number of pyridine rings is 1. The van der Waals surface area contributed by atoms with Crippen LogP contribution in [0.25, 0.3) is 10.9 Å². The number of carbonyl (C=O) groups is 1. The second-order valence-corrected chi connectivity index (χ2v) is 5.31. The first kappa shape index (κ1) is 15.1. The van der Waals surface area contributed by atoms with Crippen LogP contribution in [0.1, 0.15) is 10.4 Å². The Kier molecular flexibility index (Phi) is 4.04. The summed E-state index contributed by atoms with van der Waals surface area (Å²) < 4.78 is 5.18. The quantitative estimate of drug-likeness (QED) is 0.773. The molecule has 2 aromatic carbocycles. The molecule has 1 amide bonds. The van der Waals surface area contributed by atoms with Crippen molar-refractivity contribution in [2.24, 2.45) is 0 Å². The Hall–Kier alpha value is -2.79. The van der Waals surface area contributed by atoms with Crippen molar-refractivity contribution in [3.63, 3.8) is 0 Å².